The van der Waals surface area contributed by atoms with Gasteiger partial charge in [0.25, 0.3) is 5.91 Å². The summed E-state index contributed by atoms with van der Waals surface area (Å²) in [6.45, 7) is 2.58. The summed E-state index contributed by atoms with van der Waals surface area (Å²) in [5.74, 6) is -0.602. The van der Waals surface area contributed by atoms with Crippen LogP contribution < -0.4 is 10.6 Å². The van der Waals surface area contributed by atoms with E-state index in [2.05, 4.69) is 10.6 Å². The first kappa shape index (κ1) is 17.7. The average molecular weight is 328 g/mol. The Hall–Kier alpha value is -2.69. The molecular weight excluding hydrogens is 307 g/mol. The fraction of sp³-hybridized carbons (Fsp3) is 0.263. The fourth-order valence-electron chi connectivity index (χ4n) is 2.34. The third-order valence-corrected chi connectivity index (χ3v) is 3.65. The first-order valence-electron chi connectivity index (χ1n) is 7.91. The number of amides is 2. The second kappa shape index (κ2) is 8.82. The van der Waals surface area contributed by atoms with Gasteiger partial charge in [0.05, 0.1) is 0 Å². The van der Waals surface area contributed by atoms with Gasteiger partial charge >= 0.3 is 0 Å². The van der Waals surface area contributed by atoms with Gasteiger partial charge in [-0.1, -0.05) is 30.3 Å². The van der Waals surface area contributed by atoms with Crippen LogP contribution in [0.15, 0.2) is 48.5 Å². The molecule has 0 bridgehead atoms. The van der Waals surface area contributed by atoms with E-state index >= 15 is 0 Å². The van der Waals surface area contributed by atoms with Gasteiger partial charge in [0.1, 0.15) is 5.82 Å². The zero-order chi connectivity index (χ0) is 17.4. The van der Waals surface area contributed by atoms with Crippen molar-refractivity contribution < 1.29 is 14.0 Å². The first-order chi connectivity index (χ1) is 11.6. The summed E-state index contributed by atoms with van der Waals surface area (Å²) < 4.78 is 13.0. The predicted octanol–water partition coefficient (Wildman–Crippen LogP) is 2.61. The van der Waals surface area contributed by atoms with E-state index < -0.39 is 0 Å². The smallest absolute Gasteiger partial charge is 0.251 e. The largest absolute Gasteiger partial charge is 0.356 e. The van der Waals surface area contributed by atoms with Gasteiger partial charge in [-0.25, -0.2) is 4.39 Å². The van der Waals surface area contributed by atoms with Crippen LogP contribution in [0.25, 0.3) is 0 Å². The lowest BCUT2D eigenvalue weighted by molar-refractivity contribution is -0.120. The molecule has 4 nitrogen and oxygen atoms in total. The van der Waals surface area contributed by atoms with Crippen molar-refractivity contribution in [3.63, 3.8) is 0 Å². The Labute approximate surface area is 141 Å². The van der Waals surface area contributed by atoms with Gasteiger partial charge in [-0.3, -0.25) is 9.59 Å². The van der Waals surface area contributed by atoms with E-state index in [-0.39, 0.29) is 30.6 Å². The van der Waals surface area contributed by atoms with Crippen molar-refractivity contribution >= 4 is 11.8 Å². The van der Waals surface area contributed by atoms with Crippen molar-refractivity contribution in [2.24, 2.45) is 0 Å². The fourth-order valence-corrected chi connectivity index (χ4v) is 2.34. The molecule has 2 aromatic carbocycles. The van der Waals surface area contributed by atoms with Gasteiger partial charge in [0.2, 0.25) is 5.91 Å². The Morgan fingerprint density at radius 3 is 2.54 bits per heavy atom. The van der Waals surface area contributed by atoms with Gasteiger partial charge in [0.15, 0.2) is 0 Å². The van der Waals surface area contributed by atoms with Crippen molar-refractivity contribution in [3.05, 3.63) is 71.0 Å². The number of nitrogens with one attached hydrogen (secondary N) is 2. The first-order valence-corrected chi connectivity index (χ1v) is 7.91. The SMILES string of the molecule is Cc1ccccc1C(=O)NCCC(=O)NCCc1cccc(F)c1. The summed E-state index contributed by atoms with van der Waals surface area (Å²) >= 11 is 0. The van der Waals surface area contributed by atoms with Crippen molar-refractivity contribution in [1.29, 1.82) is 0 Å². The minimum Gasteiger partial charge on any atom is -0.356 e. The molecule has 0 heterocycles. The molecule has 2 rings (SSSR count). The van der Waals surface area contributed by atoms with Crippen molar-refractivity contribution in [2.75, 3.05) is 13.1 Å². The number of hydrogen-bond acceptors (Lipinski definition) is 2. The number of benzene rings is 2. The van der Waals surface area contributed by atoms with Gasteiger partial charge in [0, 0.05) is 25.1 Å². The molecule has 0 atom stereocenters. The lowest BCUT2D eigenvalue weighted by atomic mass is 10.1. The molecule has 0 aromatic heterocycles. The number of carbonyl (C=O) groups excluding carboxylic acids is 2. The number of carbonyl (C=O) groups is 2. The Kier molecular flexibility index (Phi) is 6.49. The molecule has 0 spiro atoms. The molecule has 0 saturated heterocycles. The molecule has 0 fully saturated rings. The average Bonchev–Trinajstić information content (AvgIpc) is 2.55. The van der Waals surface area contributed by atoms with Crippen LogP contribution in [0.3, 0.4) is 0 Å². The Morgan fingerprint density at radius 2 is 1.79 bits per heavy atom. The lowest BCUT2D eigenvalue weighted by Gasteiger charge is -2.08. The van der Waals surface area contributed by atoms with Crippen LogP contribution >= 0.6 is 0 Å². The minimum absolute atomic E-state index is 0.142. The second-order valence-electron chi connectivity index (χ2n) is 5.55. The molecule has 0 unspecified atom stereocenters. The van der Waals surface area contributed by atoms with E-state index in [1.54, 1.807) is 18.2 Å². The highest BCUT2D eigenvalue weighted by Crippen LogP contribution is 2.06. The van der Waals surface area contributed by atoms with E-state index in [4.69, 9.17) is 0 Å². The van der Waals surface area contributed by atoms with E-state index in [9.17, 15) is 14.0 Å². The topological polar surface area (TPSA) is 58.2 Å². The monoisotopic (exact) mass is 328 g/mol. The van der Waals surface area contributed by atoms with E-state index in [0.29, 0.717) is 18.5 Å². The Morgan fingerprint density at radius 1 is 1.00 bits per heavy atom. The van der Waals surface area contributed by atoms with Crippen molar-refractivity contribution in [3.8, 4) is 0 Å². The molecule has 2 amide bonds. The minimum atomic E-state index is -0.280. The van der Waals surface area contributed by atoms with Crippen LogP contribution in [0.4, 0.5) is 4.39 Å². The maximum absolute atomic E-state index is 13.0. The zero-order valence-corrected chi connectivity index (χ0v) is 13.6. The summed E-state index contributed by atoms with van der Waals surface area (Å²) in [6.07, 6.45) is 0.778. The molecule has 0 saturated carbocycles. The summed E-state index contributed by atoms with van der Waals surface area (Å²) in [5.41, 5.74) is 2.35. The third kappa shape index (κ3) is 5.50. The highest BCUT2D eigenvalue weighted by molar-refractivity contribution is 5.95. The molecule has 0 aliphatic rings. The highest BCUT2D eigenvalue weighted by atomic mass is 19.1. The van der Waals surface area contributed by atoms with Crippen molar-refractivity contribution in [2.45, 2.75) is 19.8 Å². The van der Waals surface area contributed by atoms with Gasteiger partial charge in [-0.05, 0) is 42.7 Å². The molecule has 126 valence electrons. The maximum atomic E-state index is 13.0. The summed E-state index contributed by atoms with van der Waals surface area (Å²) in [5, 5.41) is 5.50. The summed E-state index contributed by atoms with van der Waals surface area (Å²) in [6, 6.07) is 13.6. The van der Waals surface area contributed by atoms with E-state index in [1.807, 2.05) is 25.1 Å². The Balaban J connectivity index is 1.66. The van der Waals surface area contributed by atoms with Crippen molar-refractivity contribution in [1.82, 2.24) is 10.6 Å². The molecule has 0 aliphatic heterocycles. The standard InChI is InChI=1S/C19H21FN2O2/c1-14-5-2-3-8-17(14)19(24)22-12-10-18(23)21-11-9-15-6-4-7-16(20)13-15/h2-8,13H,9-12H2,1H3,(H,21,23)(H,22,24). The van der Waals surface area contributed by atoms with Gasteiger partial charge in [-0.15, -0.1) is 0 Å². The van der Waals surface area contributed by atoms with E-state index in [1.165, 1.54) is 12.1 Å². The van der Waals surface area contributed by atoms with Crippen LogP contribution in [0.5, 0.6) is 0 Å². The Bertz CT molecular complexity index is 716. The van der Waals surface area contributed by atoms with Crippen LogP contribution in [0.1, 0.15) is 27.9 Å². The second-order valence-corrected chi connectivity index (χ2v) is 5.55. The maximum Gasteiger partial charge on any atom is 0.251 e. The number of rotatable bonds is 7. The normalized spacial score (nSPS) is 10.2. The molecular formula is C19H21FN2O2. The highest BCUT2D eigenvalue weighted by Gasteiger charge is 2.08. The van der Waals surface area contributed by atoms with Crippen LogP contribution in [-0.4, -0.2) is 24.9 Å². The molecule has 0 radical (unpaired) electrons. The zero-order valence-electron chi connectivity index (χ0n) is 13.6. The quantitative estimate of drug-likeness (QED) is 0.821. The number of aryl methyl sites for hydroxylation is 1. The molecule has 5 heteroatoms. The van der Waals surface area contributed by atoms with Crippen LogP contribution in [-0.2, 0) is 11.2 Å². The molecule has 2 aromatic rings. The van der Waals surface area contributed by atoms with Gasteiger partial charge < -0.3 is 10.6 Å². The third-order valence-electron chi connectivity index (χ3n) is 3.65. The molecule has 24 heavy (non-hydrogen) atoms. The predicted molar refractivity (Wildman–Crippen MR) is 91.2 cm³/mol. The molecule has 2 N–H and O–H groups in total. The lowest BCUT2D eigenvalue weighted by Crippen LogP contribution is -2.31. The van der Waals surface area contributed by atoms with Crippen LogP contribution in [0.2, 0.25) is 0 Å². The number of hydrogen-bond donors (Lipinski definition) is 2. The molecule has 0 aliphatic carbocycles. The number of halogens is 1. The van der Waals surface area contributed by atoms with Crippen LogP contribution in [0, 0.1) is 12.7 Å². The van der Waals surface area contributed by atoms with Gasteiger partial charge in [-0.2, -0.15) is 0 Å². The summed E-state index contributed by atoms with van der Waals surface area (Å²) in [7, 11) is 0. The summed E-state index contributed by atoms with van der Waals surface area (Å²) in [4.78, 5) is 23.7. The van der Waals surface area contributed by atoms with E-state index in [0.717, 1.165) is 11.1 Å².